The van der Waals surface area contributed by atoms with Crippen molar-refractivity contribution in [3.05, 3.63) is 100 Å². The van der Waals surface area contributed by atoms with Crippen LogP contribution in [0.15, 0.2) is 78.4 Å². The number of nitriles is 1. The van der Waals surface area contributed by atoms with Crippen molar-refractivity contribution >= 4 is 35.1 Å². The van der Waals surface area contributed by atoms with Gasteiger partial charge in [0.2, 0.25) is 0 Å². The Kier molecular flexibility index (Phi) is 7.80. The lowest BCUT2D eigenvalue weighted by molar-refractivity contribution is -0.112. The standard InChI is InChI=1S/C26H21ClN2O3/c1-2-14-32-24-11-7-6-10-19(24)15-20(17-28)26(31)29-23-13-12-21(27)16-22(23)25(30)18-8-4-3-5-9-18/h3-13,15-16H,2,14H2,1H3,(H,29,31)/b20-15+. The molecule has 0 heterocycles. The Morgan fingerprint density at radius 3 is 2.50 bits per heavy atom. The fraction of sp³-hybridized carbons (Fsp3) is 0.115. The van der Waals surface area contributed by atoms with E-state index in [9.17, 15) is 14.9 Å². The lowest BCUT2D eigenvalue weighted by atomic mass is 10.0. The first-order valence-electron chi connectivity index (χ1n) is 10.1. The SMILES string of the molecule is CCCOc1ccccc1/C=C(\C#N)C(=O)Nc1ccc(Cl)cc1C(=O)c1ccccc1. The van der Waals surface area contributed by atoms with E-state index in [0.717, 1.165) is 6.42 Å². The molecule has 0 aliphatic heterocycles. The monoisotopic (exact) mass is 444 g/mol. The molecule has 0 aromatic heterocycles. The minimum Gasteiger partial charge on any atom is -0.493 e. The summed E-state index contributed by atoms with van der Waals surface area (Å²) >= 11 is 6.10. The Morgan fingerprint density at radius 2 is 1.78 bits per heavy atom. The number of carbonyl (C=O) groups excluding carboxylic acids is 2. The highest BCUT2D eigenvalue weighted by molar-refractivity contribution is 6.31. The van der Waals surface area contributed by atoms with Crippen LogP contribution in [-0.4, -0.2) is 18.3 Å². The molecule has 0 bridgehead atoms. The molecule has 6 heteroatoms. The molecule has 0 aliphatic carbocycles. The van der Waals surface area contributed by atoms with Crippen LogP contribution in [0.4, 0.5) is 5.69 Å². The zero-order valence-corrected chi connectivity index (χ0v) is 18.2. The van der Waals surface area contributed by atoms with Crippen molar-refractivity contribution in [3.8, 4) is 11.8 Å². The Balaban J connectivity index is 1.91. The number of carbonyl (C=O) groups is 2. The van der Waals surface area contributed by atoms with Gasteiger partial charge in [-0.1, -0.05) is 67.1 Å². The van der Waals surface area contributed by atoms with Crippen molar-refractivity contribution < 1.29 is 14.3 Å². The molecule has 0 fully saturated rings. The second kappa shape index (κ2) is 10.9. The number of rotatable bonds is 8. The maximum atomic E-state index is 13.0. The lowest BCUT2D eigenvalue weighted by Crippen LogP contribution is -2.16. The van der Waals surface area contributed by atoms with Gasteiger partial charge in [0.15, 0.2) is 5.78 Å². The number of nitrogens with one attached hydrogen (secondary N) is 1. The van der Waals surface area contributed by atoms with E-state index in [1.165, 1.54) is 12.1 Å². The summed E-state index contributed by atoms with van der Waals surface area (Å²) in [6, 6.07) is 22.4. The van der Waals surface area contributed by atoms with E-state index in [2.05, 4.69) is 5.32 Å². The number of hydrogen-bond acceptors (Lipinski definition) is 4. The molecule has 0 atom stereocenters. The molecule has 3 aromatic carbocycles. The highest BCUT2D eigenvalue weighted by Crippen LogP contribution is 2.25. The number of para-hydroxylation sites is 1. The smallest absolute Gasteiger partial charge is 0.266 e. The maximum absolute atomic E-state index is 13.0. The van der Waals surface area contributed by atoms with Crippen molar-refractivity contribution in [2.24, 2.45) is 0 Å². The predicted octanol–water partition coefficient (Wildman–Crippen LogP) is 5.91. The molecule has 0 saturated carbocycles. The average molecular weight is 445 g/mol. The molecule has 0 unspecified atom stereocenters. The molecule has 5 nitrogen and oxygen atoms in total. The van der Waals surface area contributed by atoms with Crippen molar-refractivity contribution in [2.45, 2.75) is 13.3 Å². The zero-order valence-electron chi connectivity index (χ0n) is 17.5. The summed E-state index contributed by atoms with van der Waals surface area (Å²) in [5.41, 5.74) is 1.46. The van der Waals surface area contributed by atoms with E-state index < -0.39 is 5.91 Å². The maximum Gasteiger partial charge on any atom is 0.266 e. The number of amides is 1. The number of ketones is 1. The van der Waals surface area contributed by atoms with Crippen LogP contribution in [0.2, 0.25) is 5.02 Å². The van der Waals surface area contributed by atoms with E-state index in [1.807, 2.05) is 25.1 Å². The summed E-state index contributed by atoms with van der Waals surface area (Å²) in [4.78, 5) is 25.9. The zero-order chi connectivity index (χ0) is 22.9. The number of nitrogens with zero attached hydrogens (tertiary/aromatic N) is 1. The topological polar surface area (TPSA) is 79.2 Å². The molecule has 1 N–H and O–H groups in total. The number of ether oxygens (including phenoxy) is 1. The number of hydrogen-bond donors (Lipinski definition) is 1. The van der Waals surface area contributed by atoms with Gasteiger partial charge in [0.05, 0.1) is 12.3 Å². The molecular formula is C26H21ClN2O3. The summed E-state index contributed by atoms with van der Waals surface area (Å²) in [5.74, 6) is -0.340. The van der Waals surface area contributed by atoms with E-state index in [0.29, 0.717) is 28.5 Å². The fourth-order valence-electron chi connectivity index (χ4n) is 3.00. The fourth-order valence-corrected chi connectivity index (χ4v) is 3.17. The molecule has 1 amide bonds. The van der Waals surface area contributed by atoms with Gasteiger partial charge in [-0.2, -0.15) is 5.26 Å². The first-order valence-corrected chi connectivity index (χ1v) is 10.5. The van der Waals surface area contributed by atoms with Gasteiger partial charge in [-0.3, -0.25) is 9.59 Å². The largest absolute Gasteiger partial charge is 0.493 e. The highest BCUT2D eigenvalue weighted by Gasteiger charge is 2.18. The molecule has 3 aromatic rings. The van der Waals surface area contributed by atoms with E-state index in [1.54, 1.807) is 54.6 Å². The van der Waals surface area contributed by atoms with Crippen LogP contribution in [0, 0.1) is 11.3 Å². The molecule has 0 spiro atoms. The summed E-state index contributed by atoms with van der Waals surface area (Å²) < 4.78 is 5.70. The number of benzene rings is 3. The molecule has 32 heavy (non-hydrogen) atoms. The van der Waals surface area contributed by atoms with Crippen LogP contribution in [0.5, 0.6) is 5.75 Å². The lowest BCUT2D eigenvalue weighted by Gasteiger charge is -2.12. The summed E-state index contributed by atoms with van der Waals surface area (Å²) in [6.45, 7) is 2.52. The van der Waals surface area contributed by atoms with E-state index >= 15 is 0 Å². The van der Waals surface area contributed by atoms with Gasteiger partial charge in [0, 0.05) is 21.7 Å². The van der Waals surface area contributed by atoms with Crippen LogP contribution < -0.4 is 10.1 Å². The third-order valence-corrected chi connectivity index (χ3v) is 4.79. The number of anilines is 1. The number of halogens is 1. The summed E-state index contributed by atoms with van der Waals surface area (Å²) in [6.07, 6.45) is 2.30. The van der Waals surface area contributed by atoms with Crippen LogP contribution in [-0.2, 0) is 4.79 Å². The molecule has 160 valence electrons. The van der Waals surface area contributed by atoms with Crippen molar-refractivity contribution in [1.82, 2.24) is 0 Å². The third kappa shape index (κ3) is 5.63. The molecular weight excluding hydrogens is 424 g/mol. The highest BCUT2D eigenvalue weighted by atomic mass is 35.5. The molecule has 0 radical (unpaired) electrons. The minimum atomic E-state index is -0.637. The second-order valence-corrected chi connectivity index (χ2v) is 7.33. The summed E-state index contributed by atoms with van der Waals surface area (Å²) in [5, 5.41) is 12.6. The summed E-state index contributed by atoms with van der Waals surface area (Å²) in [7, 11) is 0. The Morgan fingerprint density at radius 1 is 1.06 bits per heavy atom. The van der Waals surface area contributed by atoms with Crippen LogP contribution in [0.1, 0.15) is 34.8 Å². The van der Waals surface area contributed by atoms with Crippen LogP contribution in [0.25, 0.3) is 6.08 Å². The second-order valence-electron chi connectivity index (χ2n) is 6.90. The van der Waals surface area contributed by atoms with Gasteiger partial charge in [0.1, 0.15) is 17.4 Å². The van der Waals surface area contributed by atoms with E-state index in [-0.39, 0.29) is 22.6 Å². The van der Waals surface area contributed by atoms with Crippen molar-refractivity contribution in [1.29, 1.82) is 5.26 Å². The van der Waals surface area contributed by atoms with Gasteiger partial charge >= 0.3 is 0 Å². The third-order valence-electron chi connectivity index (χ3n) is 4.56. The van der Waals surface area contributed by atoms with Gasteiger partial charge in [0.25, 0.3) is 5.91 Å². The molecule has 0 aliphatic rings. The van der Waals surface area contributed by atoms with Gasteiger partial charge in [-0.05, 0) is 36.8 Å². The van der Waals surface area contributed by atoms with Crippen molar-refractivity contribution in [2.75, 3.05) is 11.9 Å². The quantitative estimate of drug-likeness (QED) is 0.266. The molecule has 0 saturated heterocycles. The Bertz CT molecular complexity index is 1200. The Labute approximate surface area is 191 Å². The van der Waals surface area contributed by atoms with Crippen LogP contribution in [0.3, 0.4) is 0 Å². The normalized spacial score (nSPS) is 10.8. The molecule has 3 rings (SSSR count). The van der Waals surface area contributed by atoms with Gasteiger partial charge in [-0.15, -0.1) is 0 Å². The van der Waals surface area contributed by atoms with Crippen molar-refractivity contribution in [3.63, 3.8) is 0 Å². The predicted molar refractivity (Wildman–Crippen MR) is 126 cm³/mol. The first kappa shape index (κ1) is 22.8. The van der Waals surface area contributed by atoms with Gasteiger partial charge in [-0.25, -0.2) is 0 Å². The average Bonchev–Trinajstić information content (AvgIpc) is 2.82. The Hall–Kier alpha value is -3.88. The van der Waals surface area contributed by atoms with E-state index in [4.69, 9.17) is 16.3 Å². The van der Waals surface area contributed by atoms with Crippen LogP contribution >= 0.6 is 11.6 Å². The first-order chi connectivity index (χ1) is 15.5. The minimum absolute atomic E-state index is 0.120. The van der Waals surface area contributed by atoms with Gasteiger partial charge < -0.3 is 10.1 Å².